The second-order valence-corrected chi connectivity index (χ2v) is 6.94. The molecule has 0 fully saturated rings. The van der Waals surface area contributed by atoms with Crippen LogP contribution in [0.15, 0.2) is 17.7 Å². The molecule has 0 aliphatic heterocycles. The molecule has 6 nitrogen and oxygen atoms in total. The Bertz CT molecular complexity index is 713. The van der Waals surface area contributed by atoms with Crippen LogP contribution in [0.25, 0.3) is 6.08 Å². The van der Waals surface area contributed by atoms with Crippen molar-refractivity contribution in [2.75, 3.05) is 7.11 Å². The van der Waals surface area contributed by atoms with Crippen molar-refractivity contribution < 1.29 is 44.0 Å². The van der Waals surface area contributed by atoms with E-state index in [4.69, 9.17) is 9.47 Å². The number of benzene rings is 1. The number of rotatable bonds is 6. The molecule has 1 amide bonds. The number of aryl methyl sites for hydroxylation is 1. The van der Waals surface area contributed by atoms with Crippen molar-refractivity contribution in [1.29, 1.82) is 0 Å². The van der Waals surface area contributed by atoms with E-state index in [2.05, 4.69) is 26.4 Å². The van der Waals surface area contributed by atoms with Gasteiger partial charge in [-0.15, -0.1) is 0 Å². The second-order valence-electron chi connectivity index (χ2n) is 6.66. The maximum absolute atomic E-state index is 13.4. The largest absolute Gasteiger partial charge is 0.412 e. The summed E-state index contributed by atoms with van der Waals surface area (Å²) in [6.45, 7) is 6.80. The Hall–Kier alpha value is -2.05. The van der Waals surface area contributed by atoms with Crippen LogP contribution < -0.4 is 5.32 Å². The van der Waals surface area contributed by atoms with Crippen molar-refractivity contribution in [2.45, 2.75) is 45.8 Å². The van der Waals surface area contributed by atoms with Crippen LogP contribution >= 0.6 is 0 Å². The molecule has 0 saturated carbocycles. The van der Waals surface area contributed by atoms with Crippen molar-refractivity contribution in [3.63, 3.8) is 0 Å². The van der Waals surface area contributed by atoms with Gasteiger partial charge in [-0.1, -0.05) is 0 Å². The number of methoxy groups -OCH3 is 1. The van der Waals surface area contributed by atoms with Gasteiger partial charge in [-0.2, -0.15) is 0 Å². The van der Waals surface area contributed by atoms with Gasteiger partial charge >= 0.3 is 161 Å². The summed E-state index contributed by atoms with van der Waals surface area (Å²) in [7, 11) is 1.23. The van der Waals surface area contributed by atoms with Crippen molar-refractivity contribution in [1.82, 2.24) is 5.32 Å². The molecule has 27 heavy (non-hydrogen) atoms. The fraction of sp³-hybridized carbons (Fsp3) is 0.421. The number of carbonyl (C=O) groups is 2. The molecule has 0 aromatic heterocycles. The Balaban J connectivity index is 0.00000676. The molecular weight excluding hydrogens is 400 g/mol. The zero-order chi connectivity index (χ0) is 19.9. The fourth-order valence-corrected chi connectivity index (χ4v) is 2.23. The zero-order valence-corrected chi connectivity index (χ0v) is 16.9. The molecule has 3 N–H and O–H groups in total. The molecular formula is C19H25FNNiO5-. The molecule has 1 rings (SSSR count). The number of halogens is 1. The summed E-state index contributed by atoms with van der Waals surface area (Å²) in [6.07, 6.45) is 1.06. The standard InChI is InChI=1S/C19H23FNO4.Ni.H2O/c1-12(9-14-7-8-15(20)13(2)11-14)10-16(17(22)24-6)21-18(23)25-19(3,4)5;;/h1,8-9,11,16H,10H2,2-6H3,(H,21,23);;1H2/q-1;;/b12-9+;;/t16-;;/m0../s1. The molecule has 0 radical (unpaired) electrons. The van der Waals surface area contributed by atoms with Crippen LogP contribution in [0.5, 0.6) is 0 Å². The van der Waals surface area contributed by atoms with Gasteiger partial charge in [0.2, 0.25) is 0 Å². The molecule has 8 heteroatoms. The predicted molar refractivity (Wildman–Crippen MR) is 97.4 cm³/mol. The quantitative estimate of drug-likeness (QED) is 0.430. The molecule has 0 spiro atoms. The van der Waals surface area contributed by atoms with E-state index in [0.29, 0.717) is 16.7 Å². The fourth-order valence-electron chi connectivity index (χ4n) is 2.03. The van der Waals surface area contributed by atoms with Gasteiger partial charge in [0, 0.05) is 0 Å². The number of carbonyl (C=O) groups excluding carboxylic acids is 2. The van der Waals surface area contributed by atoms with Gasteiger partial charge in [-0.25, -0.2) is 0 Å². The van der Waals surface area contributed by atoms with Crippen molar-refractivity contribution in [2.24, 2.45) is 0 Å². The number of hydrogen-bond donors (Lipinski definition) is 1. The van der Waals surface area contributed by atoms with E-state index < -0.39 is 23.7 Å². The Labute approximate surface area is 166 Å². The molecule has 1 aromatic carbocycles. The maximum atomic E-state index is 13.4. The monoisotopic (exact) mass is 424 g/mol. The molecule has 1 atom stereocenters. The van der Waals surface area contributed by atoms with Crippen molar-refractivity contribution >= 4 is 23.1 Å². The van der Waals surface area contributed by atoms with Crippen LogP contribution in [0.3, 0.4) is 0 Å². The van der Waals surface area contributed by atoms with Crippen LogP contribution in [0.4, 0.5) is 9.18 Å². The minimum atomic E-state index is -0.964. The molecule has 0 saturated heterocycles. The smallest absolute Gasteiger partial charge is 0.412 e. The van der Waals surface area contributed by atoms with Crippen LogP contribution in [0, 0.1) is 18.8 Å². The molecule has 0 aliphatic carbocycles. The van der Waals surface area contributed by atoms with Crippen molar-refractivity contribution in [3.8, 4) is 0 Å². The Morgan fingerprint density at radius 2 is 2.04 bits per heavy atom. The average molecular weight is 425 g/mol. The third kappa shape index (κ3) is 8.93. The minimum Gasteiger partial charge on any atom is -0.412 e. The van der Waals surface area contributed by atoms with Gasteiger partial charge in [-0.3, -0.25) is 0 Å². The van der Waals surface area contributed by atoms with Gasteiger partial charge in [0.25, 0.3) is 0 Å². The van der Waals surface area contributed by atoms with Crippen LogP contribution in [-0.2, 0) is 29.3 Å². The van der Waals surface area contributed by atoms with Gasteiger partial charge < -0.3 is 5.48 Å². The predicted octanol–water partition coefficient (Wildman–Crippen LogP) is 2.30. The van der Waals surface area contributed by atoms with Gasteiger partial charge in [0.05, 0.1) is 0 Å². The molecule has 0 aliphatic rings. The third-order valence-corrected chi connectivity index (χ3v) is 3.56. The molecule has 0 unspecified atom stereocenters. The van der Waals surface area contributed by atoms with E-state index in [1.807, 2.05) is 0 Å². The number of ether oxygens (including phenoxy) is 2. The first-order chi connectivity index (χ1) is 12.1. The molecule has 0 bridgehead atoms. The summed E-state index contributed by atoms with van der Waals surface area (Å²) >= 11 is 4.68. The van der Waals surface area contributed by atoms with E-state index in [9.17, 15) is 14.0 Å². The molecule has 0 heterocycles. The first-order valence-electron chi connectivity index (χ1n) is 7.91. The summed E-state index contributed by atoms with van der Waals surface area (Å²) in [5.41, 5.74) is 0.988. The summed E-state index contributed by atoms with van der Waals surface area (Å²) in [5.74, 6) is -0.976. The second kappa shape index (κ2) is 10.9. The zero-order valence-electron chi connectivity index (χ0n) is 15.9. The SMILES string of the molecule is COC(=O)[C@H](C/C([CH]=[Ni])=C/c1[c-]cc(F)c(C)c1)NC(=O)OC(C)(C)C.O. The number of esters is 1. The van der Waals surface area contributed by atoms with Crippen LogP contribution in [0.1, 0.15) is 38.3 Å². The first kappa shape index (κ1) is 25.0. The van der Waals surface area contributed by atoms with E-state index in [-0.39, 0.29) is 17.7 Å². The van der Waals surface area contributed by atoms with Gasteiger partial charge in [0.15, 0.2) is 0 Å². The Morgan fingerprint density at radius 3 is 2.52 bits per heavy atom. The molecule has 154 valence electrons. The van der Waals surface area contributed by atoms with E-state index in [1.54, 1.807) is 39.8 Å². The first-order valence-corrected chi connectivity index (χ1v) is 8.48. The van der Waals surface area contributed by atoms with E-state index >= 15 is 0 Å². The van der Waals surface area contributed by atoms with Gasteiger partial charge in [0.1, 0.15) is 0 Å². The van der Waals surface area contributed by atoms with E-state index in [0.717, 1.165) is 0 Å². The maximum Gasteiger partial charge on any atom is -0.412 e. The number of hydrogen-bond acceptors (Lipinski definition) is 4. The number of alkyl carbamates (subject to hydrolysis) is 1. The Kier molecular flexibility index (Phi) is 10.1. The Morgan fingerprint density at radius 1 is 1.41 bits per heavy atom. The van der Waals surface area contributed by atoms with Crippen LogP contribution in [0.2, 0.25) is 0 Å². The normalized spacial score (nSPS) is 12.5. The number of nitrogens with one attached hydrogen (secondary N) is 1. The minimum absolute atomic E-state index is 0. The van der Waals surface area contributed by atoms with Gasteiger partial charge in [-0.05, 0) is 0 Å². The molecule has 1 aromatic rings. The summed E-state index contributed by atoms with van der Waals surface area (Å²) in [4.78, 5) is 25.4. The summed E-state index contributed by atoms with van der Waals surface area (Å²) in [6, 6.07) is 4.68. The van der Waals surface area contributed by atoms with Crippen molar-refractivity contribution in [3.05, 3.63) is 40.7 Å². The average Bonchev–Trinajstić information content (AvgIpc) is 2.54. The summed E-state index contributed by atoms with van der Waals surface area (Å²) in [5, 5.41) is 2.49. The third-order valence-electron chi connectivity index (χ3n) is 3.19. The summed E-state index contributed by atoms with van der Waals surface area (Å²) < 4.78 is 23.3. The van der Waals surface area contributed by atoms with E-state index in [1.165, 1.54) is 18.2 Å². The number of amides is 1. The topological polar surface area (TPSA) is 96.1 Å². The van der Waals surface area contributed by atoms with Crippen LogP contribution in [-0.4, -0.2) is 41.3 Å².